The average Bonchev–Trinajstić information content (AvgIpc) is 2.78. The molecular weight excluding hydrogens is 344 g/mol. The Bertz CT molecular complexity index is 670. The molecule has 1 spiro atoms. The first-order chi connectivity index (χ1) is 12.4. The van der Waals surface area contributed by atoms with Gasteiger partial charge in [0.15, 0.2) is 5.79 Å². The number of ketones is 1. The standard InChI is InChI=1S/C22H34O5/c1-14(2)17(24)9-10-19(5)13-21-15(3)7-8-18(26-16(4)23)20(21,6)11-12-22(19,25)27-21/h14,18,25H,3,7-13H2,1-2,4-6H3/t18-,19-,20-,21+,22+/m1/s1. The van der Waals surface area contributed by atoms with Gasteiger partial charge in [0, 0.05) is 36.5 Å². The summed E-state index contributed by atoms with van der Waals surface area (Å²) in [6.45, 7) is 13.7. The van der Waals surface area contributed by atoms with Crippen molar-refractivity contribution in [2.75, 3.05) is 0 Å². The molecule has 0 aromatic heterocycles. The van der Waals surface area contributed by atoms with Gasteiger partial charge in [-0.1, -0.05) is 34.3 Å². The van der Waals surface area contributed by atoms with Crippen molar-refractivity contribution in [3.05, 3.63) is 12.2 Å². The van der Waals surface area contributed by atoms with Crippen LogP contribution in [0.3, 0.4) is 0 Å². The van der Waals surface area contributed by atoms with Crippen molar-refractivity contribution in [3.63, 3.8) is 0 Å². The van der Waals surface area contributed by atoms with E-state index in [9.17, 15) is 14.7 Å². The van der Waals surface area contributed by atoms with Crippen molar-refractivity contribution in [1.82, 2.24) is 0 Å². The fourth-order valence-corrected chi connectivity index (χ4v) is 5.65. The van der Waals surface area contributed by atoms with Crippen LogP contribution in [-0.2, 0) is 19.1 Å². The Morgan fingerprint density at radius 3 is 2.59 bits per heavy atom. The maximum absolute atomic E-state index is 12.2. The number of rotatable bonds is 5. The van der Waals surface area contributed by atoms with Crippen LogP contribution < -0.4 is 0 Å². The summed E-state index contributed by atoms with van der Waals surface area (Å²) in [6.07, 6.45) is 4.01. The zero-order valence-electron chi connectivity index (χ0n) is 17.4. The lowest BCUT2D eigenvalue weighted by Crippen LogP contribution is -2.62. The van der Waals surface area contributed by atoms with Crippen molar-refractivity contribution < 1.29 is 24.2 Å². The summed E-state index contributed by atoms with van der Waals surface area (Å²) in [6, 6.07) is 0. The van der Waals surface area contributed by atoms with Gasteiger partial charge in [-0.2, -0.15) is 0 Å². The highest BCUT2D eigenvalue weighted by atomic mass is 16.7. The lowest BCUT2D eigenvalue weighted by Gasteiger charge is -2.57. The minimum absolute atomic E-state index is 0.00800. The molecule has 3 rings (SSSR count). The van der Waals surface area contributed by atoms with Crippen molar-refractivity contribution in [2.24, 2.45) is 16.7 Å². The number of hydrogen-bond acceptors (Lipinski definition) is 5. The van der Waals surface area contributed by atoms with E-state index >= 15 is 0 Å². The number of aliphatic hydroxyl groups is 1. The number of ether oxygens (including phenoxy) is 2. The van der Waals surface area contributed by atoms with Gasteiger partial charge in [0.2, 0.25) is 0 Å². The monoisotopic (exact) mass is 378 g/mol. The van der Waals surface area contributed by atoms with E-state index in [2.05, 4.69) is 13.5 Å². The summed E-state index contributed by atoms with van der Waals surface area (Å²) < 4.78 is 12.2. The van der Waals surface area contributed by atoms with Gasteiger partial charge in [-0.3, -0.25) is 9.59 Å². The van der Waals surface area contributed by atoms with Gasteiger partial charge in [0.25, 0.3) is 0 Å². The second-order valence-electron chi connectivity index (χ2n) is 9.73. The molecule has 0 radical (unpaired) electrons. The molecule has 2 bridgehead atoms. The summed E-state index contributed by atoms with van der Waals surface area (Å²) in [4.78, 5) is 23.9. The zero-order valence-corrected chi connectivity index (χ0v) is 17.4. The normalized spacial score (nSPS) is 43.5. The van der Waals surface area contributed by atoms with E-state index in [0.29, 0.717) is 38.5 Å². The van der Waals surface area contributed by atoms with E-state index in [1.54, 1.807) is 0 Å². The molecule has 0 aromatic rings. The van der Waals surface area contributed by atoms with Crippen LogP contribution in [0.15, 0.2) is 12.2 Å². The van der Waals surface area contributed by atoms with Gasteiger partial charge in [-0.15, -0.1) is 0 Å². The third-order valence-electron chi connectivity index (χ3n) is 7.70. The lowest BCUT2D eigenvalue weighted by molar-refractivity contribution is -0.315. The van der Waals surface area contributed by atoms with Gasteiger partial charge in [0.1, 0.15) is 17.5 Å². The van der Waals surface area contributed by atoms with Crippen molar-refractivity contribution in [3.8, 4) is 0 Å². The summed E-state index contributed by atoms with van der Waals surface area (Å²) in [5.41, 5.74) is -0.685. The molecule has 5 heteroatoms. The molecule has 2 saturated heterocycles. The third-order valence-corrected chi connectivity index (χ3v) is 7.70. The highest BCUT2D eigenvalue weighted by Crippen LogP contribution is 2.69. The third kappa shape index (κ3) is 2.89. The Morgan fingerprint density at radius 2 is 2.00 bits per heavy atom. The number of hydrogen-bond donors (Lipinski definition) is 1. The number of fused-ring (bicyclic) bond motifs is 1. The highest BCUT2D eigenvalue weighted by Gasteiger charge is 2.73. The quantitative estimate of drug-likeness (QED) is 0.580. The molecule has 27 heavy (non-hydrogen) atoms. The highest BCUT2D eigenvalue weighted by molar-refractivity contribution is 5.80. The van der Waals surface area contributed by atoms with Crippen LogP contribution in [-0.4, -0.2) is 34.4 Å². The summed E-state index contributed by atoms with van der Waals surface area (Å²) >= 11 is 0. The van der Waals surface area contributed by atoms with Gasteiger partial charge in [-0.25, -0.2) is 0 Å². The Hall–Kier alpha value is -1.20. The summed E-state index contributed by atoms with van der Waals surface area (Å²) in [5, 5.41) is 11.4. The van der Waals surface area contributed by atoms with Crippen LogP contribution in [0.5, 0.6) is 0 Å². The molecule has 5 nitrogen and oxygen atoms in total. The average molecular weight is 379 g/mol. The second-order valence-corrected chi connectivity index (χ2v) is 9.73. The van der Waals surface area contributed by atoms with E-state index in [4.69, 9.17) is 9.47 Å². The largest absolute Gasteiger partial charge is 0.462 e. The van der Waals surface area contributed by atoms with E-state index in [1.807, 2.05) is 20.8 Å². The first-order valence-electron chi connectivity index (χ1n) is 10.2. The van der Waals surface area contributed by atoms with Gasteiger partial charge in [-0.05, 0) is 37.7 Å². The molecule has 0 aromatic carbocycles. The van der Waals surface area contributed by atoms with E-state index in [0.717, 1.165) is 12.0 Å². The van der Waals surface area contributed by atoms with Crippen LogP contribution in [0.4, 0.5) is 0 Å². The molecule has 0 amide bonds. The minimum Gasteiger partial charge on any atom is -0.462 e. The van der Waals surface area contributed by atoms with Crippen LogP contribution in [0.25, 0.3) is 0 Å². The molecule has 1 N–H and O–H groups in total. The molecule has 3 fully saturated rings. The van der Waals surface area contributed by atoms with Crippen molar-refractivity contribution in [2.45, 2.75) is 97.1 Å². The topological polar surface area (TPSA) is 72.8 Å². The van der Waals surface area contributed by atoms with Gasteiger partial charge >= 0.3 is 5.97 Å². The molecular formula is C22H34O5. The Balaban J connectivity index is 1.94. The molecule has 5 atom stereocenters. The minimum atomic E-state index is -1.27. The predicted octanol–water partition coefficient (Wildman–Crippen LogP) is 3.93. The Morgan fingerprint density at radius 1 is 1.33 bits per heavy atom. The van der Waals surface area contributed by atoms with Crippen LogP contribution in [0.2, 0.25) is 0 Å². The maximum atomic E-state index is 12.2. The fourth-order valence-electron chi connectivity index (χ4n) is 5.65. The van der Waals surface area contributed by atoms with Gasteiger partial charge < -0.3 is 14.6 Å². The van der Waals surface area contributed by atoms with E-state index in [-0.39, 0.29) is 23.8 Å². The SMILES string of the molecule is C=C1CC[C@@H](OC(C)=O)[C@@]2(C)CC[C@]3(O)O[C@@]12C[C@@]3(C)CCC(=O)C(C)C. The lowest BCUT2D eigenvalue weighted by atomic mass is 9.57. The zero-order chi connectivity index (χ0) is 20.3. The summed E-state index contributed by atoms with van der Waals surface area (Å²) in [7, 11) is 0. The Labute approximate surface area is 162 Å². The molecule has 2 aliphatic heterocycles. The molecule has 152 valence electrons. The molecule has 2 heterocycles. The van der Waals surface area contributed by atoms with Gasteiger partial charge in [0.05, 0.1) is 0 Å². The maximum Gasteiger partial charge on any atom is 0.302 e. The Kier molecular flexibility index (Phi) is 4.88. The van der Waals surface area contributed by atoms with Crippen LogP contribution in [0, 0.1) is 16.7 Å². The number of carbonyl (C=O) groups excluding carboxylic acids is 2. The van der Waals surface area contributed by atoms with Crippen LogP contribution >= 0.6 is 0 Å². The predicted molar refractivity (Wildman–Crippen MR) is 102 cm³/mol. The number of carbonyl (C=O) groups is 2. The number of esters is 1. The van der Waals surface area contributed by atoms with Crippen LogP contribution in [0.1, 0.15) is 79.6 Å². The van der Waals surface area contributed by atoms with Crippen molar-refractivity contribution >= 4 is 11.8 Å². The fraction of sp³-hybridized carbons (Fsp3) is 0.818. The molecule has 0 unspecified atom stereocenters. The van der Waals surface area contributed by atoms with E-state index < -0.39 is 22.2 Å². The van der Waals surface area contributed by atoms with E-state index in [1.165, 1.54) is 6.92 Å². The number of Topliss-reactive ketones (excluding diaryl/α,β-unsaturated/α-hetero) is 1. The molecule has 3 aliphatic rings. The first-order valence-corrected chi connectivity index (χ1v) is 10.2. The molecule has 1 saturated carbocycles. The van der Waals surface area contributed by atoms with Crippen molar-refractivity contribution in [1.29, 1.82) is 0 Å². The molecule has 1 aliphatic carbocycles. The summed E-state index contributed by atoms with van der Waals surface area (Å²) in [5.74, 6) is -1.36. The second kappa shape index (κ2) is 6.41. The smallest absolute Gasteiger partial charge is 0.302 e. The first kappa shape index (κ1) is 20.5.